The van der Waals surface area contributed by atoms with Crippen molar-refractivity contribution in [1.82, 2.24) is 0 Å². The Morgan fingerprint density at radius 3 is 2.54 bits per heavy atom. The SMILES string of the molecule is CCCC(C)OC(=O)CC(O)CC. The Balaban J connectivity index is 3.61. The fourth-order valence-electron chi connectivity index (χ4n) is 1.07. The molecule has 0 heterocycles. The van der Waals surface area contributed by atoms with Gasteiger partial charge in [-0.05, 0) is 19.8 Å². The van der Waals surface area contributed by atoms with Gasteiger partial charge in [-0.15, -0.1) is 0 Å². The van der Waals surface area contributed by atoms with E-state index in [0.717, 1.165) is 12.8 Å². The largest absolute Gasteiger partial charge is 0.463 e. The van der Waals surface area contributed by atoms with Crippen molar-refractivity contribution in [2.75, 3.05) is 0 Å². The third kappa shape index (κ3) is 6.58. The van der Waals surface area contributed by atoms with Crippen LogP contribution in [0.5, 0.6) is 0 Å². The maximum absolute atomic E-state index is 11.1. The zero-order chi connectivity index (χ0) is 10.3. The van der Waals surface area contributed by atoms with Crippen molar-refractivity contribution in [3.05, 3.63) is 0 Å². The maximum Gasteiger partial charge on any atom is 0.308 e. The van der Waals surface area contributed by atoms with Crippen molar-refractivity contribution in [3.8, 4) is 0 Å². The molecule has 0 radical (unpaired) electrons. The summed E-state index contributed by atoms with van der Waals surface area (Å²) in [4.78, 5) is 11.1. The third-order valence-electron chi connectivity index (χ3n) is 1.90. The Hall–Kier alpha value is -0.570. The van der Waals surface area contributed by atoms with E-state index in [1.807, 2.05) is 20.8 Å². The van der Waals surface area contributed by atoms with E-state index in [4.69, 9.17) is 4.74 Å². The molecule has 2 unspecified atom stereocenters. The van der Waals surface area contributed by atoms with Crippen LogP contribution < -0.4 is 0 Å². The molecule has 0 fully saturated rings. The standard InChI is InChI=1S/C10H20O3/c1-4-6-8(3)13-10(12)7-9(11)5-2/h8-9,11H,4-7H2,1-3H3. The number of esters is 1. The van der Waals surface area contributed by atoms with Gasteiger partial charge in [0.1, 0.15) is 0 Å². The number of rotatable bonds is 6. The second-order valence-electron chi connectivity index (χ2n) is 3.36. The van der Waals surface area contributed by atoms with E-state index in [-0.39, 0.29) is 18.5 Å². The zero-order valence-corrected chi connectivity index (χ0v) is 8.75. The first kappa shape index (κ1) is 12.4. The molecule has 0 rings (SSSR count). The molecule has 1 N–H and O–H groups in total. The number of hydrogen-bond donors (Lipinski definition) is 1. The van der Waals surface area contributed by atoms with E-state index in [1.54, 1.807) is 0 Å². The average molecular weight is 188 g/mol. The lowest BCUT2D eigenvalue weighted by Gasteiger charge is -2.13. The van der Waals surface area contributed by atoms with Gasteiger partial charge in [0.05, 0.1) is 18.6 Å². The molecule has 0 aliphatic heterocycles. The first-order valence-corrected chi connectivity index (χ1v) is 4.97. The van der Waals surface area contributed by atoms with Crippen LogP contribution >= 0.6 is 0 Å². The fraction of sp³-hybridized carbons (Fsp3) is 0.900. The van der Waals surface area contributed by atoms with Gasteiger partial charge in [0.15, 0.2) is 0 Å². The minimum atomic E-state index is -0.554. The van der Waals surface area contributed by atoms with Crippen LogP contribution in [0.15, 0.2) is 0 Å². The lowest BCUT2D eigenvalue weighted by molar-refractivity contribution is -0.150. The molecule has 3 heteroatoms. The molecule has 78 valence electrons. The van der Waals surface area contributed by atoms with Crippen LogP contribution in [0.4, 0.5) is 0 Å². The number of carbonyl (C=O) groups excluding carboxylic acids is 1. The minimum absolute atomic E-state index is 0.0263. The van der Waals surface area contributed by atoms with Gasteiger partial charge >= 0.3 is 5.97 Å². The van der Waals surface area contributed by atoms with Crippen molar-refractivity contribution < 1.29 is 14.6 Å². The van der Waals surface area contributed by atoms with Gasteiger partial charge in [0.2, 0.25) is 0 Å². The molecule has 3 nitrogen and oxygen atoms in total. The quantitative estimate of drug-likeness (QED) is 0.647. The van der Waals surface area contributed by atoms with E-state index in [9.17, 15) is 9.90 Å². The van der Waals surface area contributed by atoms with Crippen LogP contribution in [0, 0.1) is 0 Å². The number of hydrogen-bond acceptors (Lipinski definition) is 3. The second kappa shape index (κ2) is 6.89. The predicted molar refractivity (Wildman–Crippen MR) is 51.4 cm³/mol. The summed E-state index contributed by atoms with van der Waals surface area (Å²) >= 11 is 0. The Kier molecular flexibility index (Phi) is 6.59. The first-order valence-electron chi connectivity index (χ1n) is 4.97. The molecular weight excluding hydrogens is 168 g/mol. The van der Waals surface area contributed by atoms with Crippen LogP contribution in [-0.2, 0) is 9.53 Å². The van der Waals surface area contributed by atoms with Gasteiger partial charge in [-0.25, -0.2) is 0 Å². The van der Waals surface area contributed by atoms with Gasteiger partial charge in [0.25, 0.3) is 0 Å². The summed E-state index contributed by atoms with van der Waals surface area (Å²) in [5.74, 6) is -0.296. The molecule has 0 aliphatic carbocycles. The van der Waals surface area contributed by atoms with E-state index < -0.39 is 6.10 Å². The maximum atomic E-state index is 11.1. The highest BCUT2D eigenvalue weighted by Gasteiger charge is 2.12. The molecular formula is C10H20O3. The highest BCUT2D eigenvalue weighted by molar-refractivity contribution is 5.70. The van der Waals surface area contributed by atoms with Crippen molar-refractivity contribution in [3.63, 3.8) is 0 Å². The van der Waals surface area contributed by atoms with Gasteiger partial charge in [-0.2, -0.15) is 0 Å². The average Bonchev–Trinajstić information content (AvgIpc) is 2.04. The summed E-state index contributed by atoms with van der Waals surface area (Å²) in [6.45, 7) is 5.76. The number of aliphatic hydroxyl groups excluding tert-OH is 1. The molecule has 0 aromatic carbocycles. The van der Waals surface area contributed by atoms with Gasteiger partial charge in [-0.1, -0.05) is 20.3 Å². The van der Waals surface area contributed by atoms with Crippen molar-refractivity contribution in [1.29, 1.82) is 0 Å². The highest BCUT2D eigenvalue weighted by Crippen LogP contribution is 2.05. The van der Waals surface area contributed by atoms with Crippen LogP contribution in [0.1, 0.15) is 46.5 Å². The summed E-state index contributed by atoms with van der Waals surface area (Å²) in [7, 11) is 0. The topological polar surface area (TPSA) is 46.5 Å². The van der Waals surface area contributed by atoms with E-state index in [0.29, 0.717) is 6.42 Å². The molecule has 0 amide bonds. The van der Waals surface area contributed by atoms with Crippen LogP contribution in [0.2, 0.25) is 0 Å². The monoisotopic (exact) mass is 188 g/mol. The van der Waals surface area contributed by atoms with Crippen molar-refractivity contribution >= 4 is 5.97 Å². The summed E-state index contributed by atoms with van der Waals surface area (Å²) in [5, 5.41) is 9.17. The van der Waals surface area contributed by atoms with Crippen molar-refractivity contribution in [2.24, 2.45) is 0 Å². The molecule has 0 aromatic rings. The van der Waals surface area contributed by atoms with Gasteiger partial charge in [0, 0.05) is 0 Å². The zero-order valence-electron chi connectivity index (χ0n) is 8.75. The third-order valence-corrected chi connectivity index (χ3v) is 1.90. The highest BCUT2D eigenvalue weighted by atomic mass is 16.5. The van der Waals surface area contributed by atoms with Crippen molar-refractivity contribution in [2.45, 2.75) is 58.7 Å². The lowest BCUT2D eigenvalue weighted by Crippen LogP contribution is -2.19. The first-order chi connectivity index (χ1) is 6.10. The fourth-order valence-corrected chi connectivity index (χ4v) is 1.07. The Bertz CT molecular complexity index is 145. The van der Waals surface area contributed by atoms with Crippen LogP contribution in [-0.4, -0.2) is 23.3 Å². The Morgan fingerprint density at radius 2 is 2.08 bits per heavy atom. The smallest absolute Gasteiger partial charge is 0.308 e. The summed E-state index contributed by atoms with van der Waals surface area (Å²) < 4.78 is 5.06. The molecule has 0 saturated heterocycles. The van der Waals surface area contributed by atoms with E-state index in [1.165, 1.54) is 0 Å². The summed E-state index contributed by atoms with van der Waals surface area (Å²) in [5.41, 5.74) is 0. The second-order valence-corrected chi connectivity index (χ2v) is 3.36. The predicted octanol–water partition coefficient (Wildman–Crippen LogP) is 1.88. The molecule has 0 spiro atoms. The van der Waals surface area contributed by atoms with Gasteiger partial charge in [-0.3, -0.25) is 4.79 Å². The summed E-state index contributed by atoms with van der Waals surface area (Å²) in [6.07, 6.45) is 2.02. The molecule has 0 aliphatic rings. The molecule has 0 saturated carbocycles. The Morgan fingerprint density at radius 1 is 1.46 bits per heavy atom. The van der Waals surface area contributed by atoms with E-state index >= 15 is 0 Å². The minimum Gasteiger partial charge on any atom is -0.463 e. The molecule has 0 aromatic heterocycles. The number of carbonyl (C=O) groups is 1. The van der Waals surface area contributed by atoms with E-state index in [2.05, 4.69) is 0 Å². The van der Waals surface area contributed by atoms with Crippen LogP contribution in [0.25, 0.3) is 0 Å². The van der Waals surface area contributed by atoms with Crippen LogP contribution in [0.3, 0.4) is 0 Å². The summed E-state index contributed by atoms with van der Waals surface area (Å²) in [6, 6.07) is 0. The molecule has 2 atom stereocenters. The van der Waals surface area contributed by atoms with Gasteiger partial charge < -0.3 is 9.84 Å². The Labute approximate surface area is 80.1 Å². The number of ether oxygens (including phenoxy) is 1. The lowest BCUT2D eigenvalue weighted by atomic mass is 10.2. The molecule has 13 heavy (non-hydrogen) atoms. The molecule has 0 bridgehead atoms. The normalized spacial score (nSPS) is 15.1. The number of aliphatic hydroxyl groups is 1.